The molecule has 142 valence electrons. The summed E-state index contributed by atoms with van der Waals surface area (Å²) < 4.78 is 7.10. The van der Waals surface area contributed by atoms with Crippen LogP contribution < -0.4 is 10.1 Å². The molecule has 4 aromatic rings. The molecule has 0 aliphatic heterocycles. The SMILES string of the molecule is Brc1ccc(OCc2ccccc2)c(CNCCc2nc3ccccc3[nH]2)c1. The zero-order valence-electron chi connectivity index (χ0n) is 15.5. The van der Waals surface area contributed by atoms with Crippen LogP contribution in [0, 0.1) is 0 Å². The van der Waals surface area contributed by atoms with E-state index in [2.05, 4.69) is 55.5 Å². The molecule has 0 radical (unpaired) electrons. The largest absolute Gasteiger partial charge is 0.489 e. The Labute approximate surface area is 173 Å². The summed E-state index contributed by atoms with van der Waals surface area (Å²) in [5.74, 6) is 1.91. The third-order valence-electron chi connectivity index (χ3n) is 4.55. The second kappa shape index (κ2) is 9.04. The maximum Gasteiger partial charge on any atom is 0.124 e. The number of aromatic amines is 1. The third kappa shape index (κ3) is 4.80. The van der Waals surface area contributed by atoms with Crippen LogP contribution in [-0.2, 0) is 19.6 Å². The summed E-state index contributed by atoms with van der Waals surface area (Å²) in [6.07, 6.45) is 0.850. The highest BCUT2D eigenvalue weighted by Crippen LogP contribution is 2.24. The van der Waals surface area contributed by atoms with Gasteiger partial charge in [-0.15, -0.1) is 0 Å². The predicted octanol–water partition coefficient (Wildman–Crippen LogP) is 5.24. The molecule has 0 aliphatic carbocycles. The van der Waals surface area contributed by atoms with Crippen LogP contribution >= 0.6 is 15.9 Å². The number of hydrogen-bond acceptors (Lipinski definition) is 3. The van der Waals surface area contributed by atoms with Gasteiger partial charge in [-0.25, -0.2) is 4.98 Å². The highest BCUT2D eigenvalue weighted by atomic mass is 79.9. The van der Waals surface area contributed by atoms with Crippen molar-refractivity contribution in [3.05, 3.63) is 94.2 Å². The van der Waals surface area contributed by atoms with Crippen molar-refractivity contribution in [2.75, 3.05) is 6.54 Å². The van der Waals surface area contributed by atoms with E-state index in [1.54, 1.807) is 0 Å². The molecule has 1 heterocycles. The van der Waals surface area contributed by atoms with E-state index in [0.29, 0.717) is 6.61 Å². The summed E-state index contributed by atoms with van der Waals surface area (Å²) in [5.41, 5.74) is 4.39. The van der Waals surface area contributed by atoms with Crippen molar-refractivity contribution >= 4 is 27.0 Å². The van der Waals surface area contributed by atoms with E-state index in [-0.39, 0.29) is 0 Å². The molecule has 0 bridgehead atoms. The first kappa shape index (κ1) is 18.7. The van der Waals surface area contributed by atoms with Gasteiger partial charge >= 0.3 is 0 Å². The average Bonchev–Trinajstić information content (AvgIpc) is 3.14. The Morgan fingerprint density at radius 2 is 1.79 bits per heavy atom. The van der Waals surface area contributed by atoms with Crippen LogP contribution in [0.3, 0.4) is 0 Å². The maximum absolute atomic E-state index is 6.05. The Balaban J connectivity index is 1.33. The molecule has 0 unspecified atom stereocenters. The molecule has 5 heteroatoms. The number of halogens is 1. The summed E-state index contributed by atoms with van der Waals surface area (Å²) >= 11 is 3.56. The lowest BCUT2D eigenvalue weighted by Gasteiger charge is -2.13. The second-order valence-corrected chi connectivity index (χ2v) is 7.57. The number of hydrogen-bond donors (Lipinski definition) is 2. The van der Waals surface area contributed by atoms with Gasteiger partial charge in [-0.05, 0) is 35.9 Å². The molecule has 0 aliphatic rings. The van der Waals surface area contributed by atoms with E-state index >= 15 is 0 Å². The fourth-order valence-corrected chi connectivity index (χ4v) is 3.52. The minimum absolute atomic E-state index is 0.564. The molecule has 28 heavy (non-hydrogen) atoms. The highest BCUT2D eigenvalue weighted by Gasteiger charge is 2.06. The molecular formula is C23H22BrN3O. The molecule has 4 nitrogen and oxygen atoms in total. The summed E-state index contributed by atoms with van der Waals surface area (Å²) in [6.45, 7) is 2.14. The van der Waals surface area contributed by atoms with E-state index in [0.717, 1.165) is 57.7 Å². The fourth-order valence-electron chi connectivity index (χ4n) is 3.12. The molecule has 2 N–H and O–H groups in total. The quantitative estimate of drug-likeness (QED) is 0.372. The second-order valence-electron chi connectivity index (χ2n) is 6.65. The van der Waals surface area contributed by atoms with Crippen molar-refractivity contribution < 1.29 is 4.74 Å². The van der Waals surface area contributed by atoms with Crippen LogP contribution in [0.15, 0.2) is 77.3 Å². The number of nitrogens with zero attached hydrogens (tertiary/aromatic N) is 1. The van der Waals surface area contributed by atoms with Gasteiger partial charge in [-0.2, -0.15) is 0 Å². The monoisotopic (exact) mass is 435 g/mol. The molecule has 0 amide bonds. The van der Waals surface area contributed by atoms with E-state index in [1.807, 2.05) is 48.5 Å². The summed E-state index contributed by atoms with van der Waals surface area (Å²) in [4.78, 5) is 7.99. The zero-order valence-corrected chi connectivity index (χ0v) is 17.1. The number of aromatic nitrogens is 2. The first-order valence-electron chi connectivity index (χ1n) is 9.37. The number of fused-ring (bicyclic) bond motifs is 1. The topological polar surface area (TPSA) is 49.9 Å². The van der Waals surface area contributed by atoms with Gasteiger partial charge in [0, 0.05) is 29.5 Å². The summed E-state index contributed by atoms with van der Waals surface area (Å²) in [6, 6.07) is 24.5. The minimum Gasteiger partial charge on any atom is -0.489 e. The third-order valence-corrected chi connectivity index (χ3v) is 5.05. The molecule has 0 saturated heterocycles. The van der Waals surface area contributed by atoms with Gasteiger partial charge in [0.05, 0.1) is 11.0 Å². The molecule has 0 saturated carbocycles. The van der Waals surface area contributed by atoms with Crippen molar-refractivity contribution in [1.82, 2.24) is 15.3 Å². The zero-order chi connectivity index (χ0) is 19.2. The van der Waals surface area contributed by atoms with Gasteiger partial charge in [0.15, 0.2) is 0 Å². The number of imidazole rings is 1. The lowest BCUT2D eigenvalue weighted by Crippen LogP contribution is -2.17. The molecule has 0 fully saturated rings. The highest BCUT2D eigenvalue weighted by molar-refractivity contribution is 9.10. The fraction of sp³-hybridized carbons (Fsp3) is 0.174. The lowest BCUT2D eigenvalue weighted by molar-refractivity contribution is 0.302. The van der Waals surface area contributed by atoms with Crippen molar-refractivity contribution in [1.29, 1.82) is 0 Å². The maximum atomic E-state index is 6.05. The van der Waals surface area contributed by atoms with Crippen molar-refractivity contribution in [2.45, 2.75) is 19.6 Å². The van der Waals surface area contributed by atoms with Crippen molar-refractivity contribution in [3.63, 3.8) is 0 Å². The van der Waals surface area contributed by atoms with Crippen LogP contribution in [0.4, 0.5) is 0 Å². The van der Waals surface area contributed by atoms with Gasteiger partial charge in [0.2, 0.25) is 0 Å². The molecule has 1 aromatic heterocycles. The Kier molecular flexibility index (Phi) is 6.04. The number of H-pyrrole nitrogens is 1. The predicted molar refractivity (Wildman–Crippen MR) is 116 cm³/mol. The number of benzene rings is 3. The molecule has 3 aromatic carbocycles. The van der Waals surface area contributed by atoms with Gasteiger partial charge in [-0.1, -0.05) is 58.4 Å². The van der Waals surface area contributed by atoms with Gasteiger partial charge in [0.1, 0.15) is 18.2 Å². The molecule has 0 spiro atoms. The number of rotatable bonds is 8. The number of ether oxygens (including phenoxy) is 1. The summed E-state index contributed by atoms with van der Waals surface area (Å²) in [7, 11) is 0. The van der Waals surface area contributed by atoms with Gasteiger partial charge in [0.25, 0.3) is 0 Å². The Morgan fingerprint density at radius 3 is 2.64 bits per heavy atom. The standard InChI is InChI=1S/C23H22BrN3O/c24-19-10-11-22(28-16-17-6-2-1-3-7-17)18(14-19)15-25-13-12-23-26-20-8-4-5-9-21(20)27-23/h1-11,14,25H,12-13,15-16H2,(H,26,27). The Morgan fingerprint density at radius 1 is 0.964 bits per heavy atom. The smallest absolute Gasteiger partial charge is 0.124 e. The lowest BCUT2D eigenvalue weighted by atomic mass is 10.2. The van der Waals surface area contributed by atoms with Crippen LogP contribution in [0.1, 0.15) is 17.0 Å². The molecular weight excluding hydrogens is 414 g/mol. The first-order valence-corrected chi connectivity index (χ1v) is 10.2. The molecule has 0 atom stereocenters. The van der Waals surface area contributed by atoms with Gasteiger partial charge < -0.3 is 15.0 Å². The van der Waals surface area contributed by atoms with E-state index in [1.165, 1.54) is 0 Å². The minimum atomic E-state index is 0.564. The first-order chi connectivity index (χ1) is 13.8. The van der Waals surface area contributed by atoms with Gasteiger partial charge in [-0.3, -0.25) is 0 Å². The van der Waals surface area contributed by atoms with Crippen LogP contribution in [-0.4, -0.2) is 16.5 Å². The normalized spacial score (nSPS) is 11.0. The Bertz CT molecular complexity index is 1010. The number of nitrogens with one attached hydrogen (secondary N) is 2. The summed E-state index contributed by atoms with van der Waals surface area (Å²) in [5, 5.41) is 3.50. The van der Waals surface area contributed by atoms with Crippen molar-refractivity contribution in [2.24, 2.45) is 0 Å². The number of para-hydroxylation sites is 2. The Hall–Kier alpha value is -2.63. The van der Waals surface area contributed by atoms with E-state index < -0.39 is 0 Å². The molecule has 4 rings (SSSR count). The van der Waals surface area contributed by atoms with Crippen molar-refractivity contribution in [3.8, 4) is 5.75 Å². The van der Waals surface area contributed by atoms with E-state index in [4.69, 9.17) is 4.74 Å². The van der Waals surface area contributed by atoms with E-state index in [9.17, 15) is 0 Å². The van der Waals surface area contributed by atoms with Crippen LogP contribution in [0.5, 0.6) is 5.75 Å². The van der Waals surface area contributed by atoms with Crippen LogP contribution in [0.2, 0.25) is 0 Å². The van der Waals surface area contributed by atoms with Crippen LogP contribution in [0.25, 0.3) is 11.0 Å². The average molecular weight is 436 g/mol.